The number of ketones is 1. The van der Waals surface area contributed by atoms with Crippen molar-refractivity contribution < 1.29 is 19.4 Å². The highest BCUT2D eigenvalue weighted by Crippen LogP contribution is 2.35. The van der Waals surface area contributed by atoms with E-state index in [2.05, 4.69) is 0 Å². The van der Waals surface area contributed by atoms with Crippen LogP contribution in [-0.2, 0) is 4.74 Å². The van der Waals surface area contributed by atoms with E-state index in [4.69, 9.17) is 4.74 Å². The highest BCUT2D eigenvalue weighted by molar-refractivity contribution is 6.00. The smallest absolute Gasteiger partial charge is 0.293 e. The molecule has 0 aliphatic carbocycles. The summed E-state index contributed by atoms with van der Waals surface area (Å²) in [6.07, 6.45) is 0. The van der Waals surface area contributed by atoms with Crippen molar-refractivity contribution in [3.05, 3.63) is 37.9 Å². The molecule has 0 saturated carbocycles. The lowest BCUT2D eigenvalue weighted by atomic mass is 10.1. The Hall–Kier alpha value is -2.55. The Balaban J connectivity index is 2.61. The first-order chi connectivity index (χ1) is 9.91. The van der Waals surface area contributed by atoms with Gasteiger partial charge < -0.3 is 9.64 Å². The van der Waals surface area contributed by atoms with E-state index in [9.17, 15) is 25.0 Å². The van der Waals surface area contributed by atoms with Gasteiger partial charge in [-0.2, -0.15) is 0 Å². The number of morpholine rings is 1. The Bertz CT molecular complexity index is 609. The number of hydrogen-bond acceptors (Lipinski definition) is 7. The zero-order valence-corrected chi connectivity index (χ0v) is 11.3. The van der Waals surface area contributed by atoms with Crippen LogP contribution in [-0.4, -0.2) is 41.9 Å². The Morgan fingerprint density at radius 1 is 1.14 bits per heavy atom. The molecule has 9 nitrogen and oxygen atoms in total. The molecule has 0 unspecified atom stereocenters. The zero-order valence-electron chi connectivity index (χ0n) is 11.3. The van der Waals surface area contributed by atoms with E-state index in [-0.39, 0.29) is 16.9 Å². The van der Waals surface area contributed by atoms with Gasteiger partial charge in [-0.25, -0.2) is 0 Å². The summed E-state index contributed by atoms with van der Waals surface area (Å²) < 4.78 is 5.16. The fourth-order valence-electron chi connectivity index (χ4n) is 2.20. The van der Waals surface area contributed by atoms with Crippen LogP contribution < -0.4 is 4.90 Å². The quantitative estimate of drug-likeness (QED) is 0.470. The second-order valence-corrected chi connectivity index (χ2v) is 4.53. The first-order valence-electron chi connectivity index (χ1n) is 6.22. The molecule has 2 rings (SSSR count). The topological polar surface area (TPSA) is 116 Å². The molecule has 0 bridgehead atoms. The predicted octanol–water partition coefficient (Wildman–Crippen LogP) is 1.54. The van der Waals surface area contributed by atoms with Crippen LogP contribution in [0, 0.1) is 20.2 Å². The van der Waals surface area contributed by atoms with E-state index in [1.54, 1.807) is 4.90 Å². The van der Waals surface area contributed by atoms with Gasteiger partial charge in [-0.1, -0.05) is 0 Å². The normalized spacial score (nSPS) is 14.8. The van der Waals surface area contributed by atoms with E-state index in [0.29, 0.717) is 26.3 Å². The third-order valence-electron chi connectivity index (χ3n) is 3.22. The Morgan fingerprint density at radius 2 is 1.71 bits per heavy atom. The Kier molecular flexibility index (Phi) is 4.13. The second kappa shape index (κ2) is 5.83. The van der Waals surface area contributed by atoms with Crippen LogP contribution >= 0.6 is 0 Å². The van der Waals surface area contributed by atoms with Crippen molar-refractivity contribution in [2.75, 3.05) is 31.2 Å². The number of hydrogen-bond donors (Lipinski definition) is 0. The van der Waals surface area contributed by atoms with Gasteiger partial charge in [0.1, 0.15) is 11.3 Å². The maximum absolute atomic E-state index is 11.5. The summed E-state index contributed by atoms with van der Waals surface area (Å²) >= 11 is 0. The molecule has 0 atom stereocenters. The first kappa shape index (κ1) is 14.9. The maximum Gasteiger partial charge on any atom is 0.293 e. The lowest BCUT2D eigenvalue weighted by Crippen LogP contribution is -2.36. The summed E-state index contributed by atoms with van der Waals surface area (Å²) in [7, 11) is 0. The number of ether oxygens (including phenoxy) is 1. The van der Waals surface area contributed by atoms with Crippen LogP contribution in [0.2, 0.25) is 0 Å². The summed E-state index contributed by atoms with van der Waals surface area (Å²) in [6.45, 7) is 2.72. The Morgan fingerprint density at radius 3 is 2.19 bits per heavy atom. The summed E-state index contributed by atoms with van der Waals surface area (Å²) in [5.74, 6) is -0.585. The average Bonchev–Trinajstić information content (AvgIpc) is 2.46. The van der Waals surface area contributed by atoms with Crippen molar-refractivity contribution in [3.8, 4) is 0 Å². The molecule has 1 aliphatic heterocycles. The second-order valence-electron chi connectivity index (χ2n) is 4.53. The van der Waals surface area contributed by atoms with Crippen molar-refractivity contribution in [2.45, 2.75) is 6.92 Å². The standard InChI is InChI=1S/C12H13N3O6/c1-8(16)9-6-12(15(19)20)11(7-10(9)14(17)18)13-2-4-21-5-3-13/h6-7H,2-5H2,1H3. The molecule has 1 heterocycles. The lowest BCUT2D eigenvalue weighted by Gasteiger charge is -2.28. The molecular formula is C12H13N3O6. The van der Waals surface area contributed by atoms with Crippen LogP contribution in [0.4, 0.5) is 17.1 Å². The first-order valence-corrected chi connectivity index (χ1v) is 6.22. The number of benzene rings is 1. The van der Waals surface area contributed by atoms with Gasteiger partial charge in [0.05, 0.1) is 23.1 Å². The van der Waals surface area contributed by atoms with Crippen LogP contribution in [0.15, 0.2) is 12.1 Å². The molecule has 0 aromatic heterocycles. The zero-order chi connectivity index (χ0) is 15.6. The van der Waals surface area contributed by atoms with Crippen molar-refractivity contribution in [2.24, 2.45) is 0 Å². The fraction of sp³-hybridized carbons (Fsp3) is 0.417. The average molecular weight is 295 g/mol. The SMILES string of the molecule is CC(=O)c1cc([N+](=O)[O-])c(N2CCOCC2)cc1[N+](=O)[O-]. The molecule has 0 amide bonds. The van der Waals surface area contributed by atoms with Gasteiger partial charge in [-0.15, -0.1) is 0 Å². The molecule has 1 aliphatic rings. The minimum atomic E-state index is -0.704. The molecule has 112 valence electrons. The number of nitrogens with zero attached hydrogens (tertiary/aromatic N) is 3. The summed E-state index contributed by atoms with van der Waals surface area (Å²) in [6, 6.07) is 2.07. The maximum atomic E-state index is 11.5. The number of nitro benzene ring substituents is 2. The third kappa shape index (κ3) is 2.97. The van der Waals surface area contributed by atoms with E-state index in [0.717, 1.165) is 19.1 Å². The molecule has 1 aromatic rings. The van der Waals surface area contributed by atoms with Gasteiger partial charge in [-0.3, -0.25) is 25.0 Å². The molecule has 0 radical (unpaired) electrons. The largest absolute Gasteiger partial charge is 0.378 e. The van der Waals surface area contributed by atoms with E-state index < -0.39 is 21.3 Å². The molecule has 1 fully saturated rings. The monoisotopic (exact) mass is 295 g/mol. The number of rotatable bonds is 4. The molecule has 1 saturated heterocycles. The number of carbonyl (C=O) groups is 1. The number of anilines is 1. The van der Waals surface area contributed by atoms with Crippen LogP contribution in [0.5, 0.6) is 0 Å². The Labute approximate surface area is 119 Å². The van der Waals surface area contributed by atoms with E-state index in [1.807, 2.05) is 0 Å². The molecule has 0 spiro atoms. The number of carbonyl (C=O) groups excluding carboxylic acids is 1. The van der Waals surface area contributed by atoms with Gasteiger partial charge in [0.2, 0.25) is 0 Å². The van der Waals surface area contributed by atoms with Gasteiger partial charge in [0, 0.05) is 25.2 Å². The van der Waals surface area contributed by atoms with Crippen LogP contribution in [0.25, 0.3) is 0 Å². The van der Waals surface area contributed by atoms with Gasteiger partial charge >= 0.3 is 0 Å². The van der Waals surface area contributed by atoms with Crippen molar-refractivity contribution in [3.63, 3.8) is 0 Å². The summed E-state index contributed by atoms with van der Waals surface area (Å²) in [4.78, 5) is 34.1. The fourth-order valence-corrected chi connectivity index (χ4v) is 2.20. The van der Waals surface area contributed by atoms with E-state index >= 15 is 0 Å². The van der Waals surface area contributed by atoms with Crippen molar-refractivity contribution in [1.29, 1.82) is 0 Å². The minimum Gasteiger partial charge on any atom is -0.378 e. The molecule has 21 heavy (non-hydrogen) atoms. The van der Waals surface area contributed by atoms with Crippen molar-refractivity contribution in [1.82, 2.24) is 0 Å². The predicted molar refractivity (Wildman–Crippen MR) is 72.8 cm³/mol. The highest BCUT2D eigenvalue weighted by Gasteiger charge is 2.29. The third-order valence-corrected chi connectivity index (χ3v) is 3.22. The highest BCUT2D eigenvalue weighted by atomic mass is 16.6. The van der Waals surface area contributed by atoms with E-state index in [1.165, 1.54) is 0 Å². The number of Topliss-reactive ketones (excluding diaryl/α,β-unsaturated/α-hetero) is 1. The molecule has 9 heteroatoms. The number of nitro groups is 2. The van der Waals surface area contributed by atoms with Crippen LogP contribution in [0.3, 0.4) is 0 Å². The van der Waals surface area contributed by atoms with Crippen molar-refractivity contribution >= 4 is 22.8 Å². The van der Waals surface area contributed by atoms with Gasteiger partial charge in [0.25, 0.3) is 11.4 Å². The lowest BCUT2D eigenvalue weighted by molar-refractivity contribution is -0.388. The molecule has 1 aromatic carbocycles. The van der Waals surface area contributed by atoms with Gasteiger partial charge in [0.15, 0.2) is 5.78 Å². The van der Waals surface area contributed by atoms with Gasteiger partial charge in [-0.05, 0) is 6.92 Å². The molecule has 0 N–H and O–H groups in total. The summed E-state index contributed by atoms with van der Waals surface area (Å²) in [5.41, 5.74) is -0.856. The minimum absolute atomic E-state index is 0.139. The molecular weight excluding hydrogens is 282 g/mol. The van der Waals surface area contributed by atoms with Crippen LogP contribution in [0.1, 0.15) is 17.3 Å². The summed E-state index contributed by atoms with van der Waals surface area (Å²) in [5, 5.41) is 22.3.